The fourth-order valence-corrected chi connectivity index (χ4v) is 1.66. The molecule has 2 aromatic heterocycles. The maximum Gasteiger partial charge on any atom is 0.260 e. The quantitative estimate of drug-likeness (QED) is 0.711. The van der Waals surface area contributed by atoms with Gasteiger partial charge in [-0.1, -0.05) is 0 Å². The van der Waals surface area contributed by atoms with Gasteiger partial charge in [0, 0.05) is 12.3 Å². The van der Waals surface area contributed by atoms with Crippen LogP contribution in [-0.4, -0.2) is 25.6 Å². The van der Waals surface area contributed by atoms with Gasteiger partial charge in [-0.25, -0.2) is 9.50 Å². The van der Waals surface area contributed by atoms with Crippen molar-refractivity contribution in [3.05, 3.63) is 29.2 Å². The third-order valence-corrected chi connectivity index (χ3v) is 2.43. The molecule has 0 atom stereocenters. The van der Waals surface area contributed by atoms with E-state index in [1.54, 1.807) is 11.4 Å². The standard InChI is InChI=1S/C10H11N5OS/c1-5-3-8-12-4-7(6(2)15(8)14-5)9(16)13-10(11)17/h3-4H,1-2H3,(H3,11,13,16,17). The molecule has 0 saturated carbocycles. The van der Waals surface area contributed by atoms with E-state index in [1.165, 1.54) is 6.20 Å². The van der Waals surface area contributed by atoms with E-state index < -0.39 is 0 Å². The van der Waals surface area contributed by atoms with Crippen LogP contribution in [0.5, 0.6) is 0 Å². The molecular weight excluding hydrogens is 238 g/mol. The van der Waals surface area contributed by atoms with E-state index in [4.69, 9.17) is 5.73 Å². The Kier molecular flexibility index (Phi) is 2.76. The van der Waals surface area contributed by atoms with Crippen LogP contribution in [0.3, 0.4) is 0 Å². The zero-order valence-corrected chi connectivity index (χ0v) is 10.2. The van der Waals surface area contributed by atoms with Gasteiger partial charge in [0.05, 0.1) is 17.0 Å². The second kappa shape index (κ2) is 4.10. The molecule has 0 aromatic carbocycles. The number of nitrogens with zero attached hydrogens (tertiary/aromatic N) is 3. The first kappa shape index (κ1) is 11.5. The van der Waals surface area contributed by atoms with Gasteiger partial charge in [0.2, 0.25) is 0 Å². The van der Waals surface area contributed by atoms with E-state index in [-0.39, 0.29) is 11.0 Å². The molecule has 0 aliphatic carbocycles. The predicted molar refractivity (Wildman–Crippen MR) is 66.7 cm³/mol. The molecule has 7 heteroatoms. The predicted octanol–water partition coefficient (Wildman–Crippen LogP) is 0.320. The Balaban J connectivity index is 2.52. The van der Waals surface area contributed by atoms with E-state index >= 15 is 0 Å². The number of nitrogens with one attached hydrogen (secondary N) is 1. The molecule has 0 saturated heterocycles. The van der Waals surface area contributed by atoms with Crippen LogP contribution in [-0.2, 0) is 0 Å². The highest BCUT2D eigenvalue weighted by Crippen LogP contribution is 2.10. The minimum Gasteiger partial charge on any atom is -0.376 e. The topological polar surface area (TPSA) is 85.3 Å². The molecule has 2 rings (SSSR count). The summed E-state index contributed by atoms with van der Waals surface area (Å²) in [7, 11) is 0. The monoisotopic (exact) mass is 249 g/mol. The summed E-state index contributed by atoms with van der Waals surface area (Å²) in [6, 6.07) is 1.84. The summed E-state index contributed by atoms with van der Waals surface area (Å²) in [4.78, 5) is 15.9. The summed E-state index contributed by atoms with van der Waals surface area (Å²) < 4.78 is 1.61. The van der Waals surface area contributed by atoms with Crippen molar-refractivity contribution in [2.75, 3.05) is 0 Å². The summed E-state index contributed by atoms with van der Waals surface area (Å²) in [5.41, 5.74) is 7.88. The lowest BCUT2D eigenvalue weighted by atomic mass is 10.2. The van der Waals surface area contributed by atoms with E-state index in [0.717, 1.165) is 5.69 Å². The Hall–Kier alpha value is -2.02. The summed E-state index contributed by atoms with van der Waals surface area (Å²) in [5, 5.41) is 6.54. The summed E-state index contributed by atoms with van der Waals surface area (Å²) in [6.45, 7) is 3.65. The lowest BCUT2D eigenvalue weighted by Crippen LogP contribution is -2.35. The number of carbonyl (C=O) groups excluding carboxylic acids is 1. The number of nitrogens with two attached hydrogens (primary N) is 1. The number of hydrogen-bond donors (Lipinski definition) is 2. The zero-order chi connectivity index (χ0) is 12.6. The van der Waals surface area contributed by atoms with E-state index in [9.17, 15) is 4.79 Å². The smallest absolute Gasteiger partial charge is 0.260 e. The lowest BCUT2D eigenvalue weighted by Gasteiger charge is -2.06. The number of amides is 1. The highest BCUT2D eigenvalue weighted by molar-refractivity contribution is 7.80. The molecule has 0 aliphatic rings. The third-order valence-electron chi connectivity index (χ3n) is 2.33. The normalized spacial score (nSPS) is 10.5. The van der Waals surface area contributed by atoms with Gasteiger partial charge in [-0.15, -0.1) is 0 Å². The van der Waals surface area contributed by atoms with Crippen molar-refractivity contribution in [2.24, 2.45) is 5.73 Å². The van der Waals surface area contributed by atoms with Crippen molar-refractivity contribution < 1.29 is 4.79 Å². The Labute approximate surface area is 103 Å². The lowest BCUT2D eigenvalue weighted by molar-refractivity contribution is 0.0976. The number of hydrogen-bond acceptors (Lipinski definition) is 4. The average molecular weight is 249 g/mol. The van der Waals surface area contributed by atoms with Gasteiger partial charge >= 0.3 is 0 Å². The molecular formula is C10H11N5OS. The molecule has 0 aliphatic heterocycles. The van der Waals surface area contributed by atoms with Crippen molar-refractivity contribution in [1.82, 2.24) is 19.9 Å². The molecule has 17 heavy (non-hydrogen) atoms. The maximum atomic E-state index is 11.8. The van der Waals surface area contributed by atoms with Gasteiger partial charge in [-0.3, -0.25) is 10.1 Å². The third kappa shape index (κ3) is 2.09. The fraction of sp³-hybridized carbons (Fsp3) is 0.200. The number of thiocarbonyl (C=S) groups is 1. The minimum absolute atomic E-state index is 0.0638. The second-order valence-electron chi connectivity index (χ2n) is 3.63. The zero-order valence-electron chi connectivity index (χ0n) is 9.39. The van der Waals surface area contributed by atoms with Crippen molar-refractivity contribution >= 4 is 28.9 Å². The van der Waals surface area contributed by atoms with E-state index in [2.05, 4.69) is 27.6 Å². The molecule has 0 unspecified atom stereocenters. The molecule has 2 heterocycles. The first-order valence-corrected chi connectivity index (χ1v) is 5.32. The van der Waals surface area contributed by atoms with Crippen LogP contribution >= 0.6 is 12.2 Å². The van der Waals surface area contributed by atoms with Crippen LogP contribution in [0.1, 0.15) is 21.7 Å². The summed E-state index contributed by atoms with van der Waals surface area (Å²) in [5.74, 6) is -0.377. The number of rotatable bonds is 1. The molecule has 2 aromatic rings. The molecule has 0 radical (unpaired) electrons. The van der Waals surface area contributed by atoms with Crippen LogP contribution in [0, 0.1) is 13.8 Å². The summed E-state index contributed by atoms with van der Waals surface area (Å²) in [6.07, 6.45) is 1.49. The fourth-order valence-electron chi connectivity index (χ4n) is 1.56. The van der Waals surface area contributed by atoms with Crippen LogP contribution in [0.4, 0.5) is 0 Å². The van der Waals surface area contributed by atoms with Gasteiger partial charge in [0.15, 0.2) is 10.8 Å². The number of aromatic nitrogens is 3. The van der Waals surface area contributed by atoms with Crippen LogP contribution in [0.25, 0.3) is 5.65 Å². The number of carbonyl (C=O) groups is 1. The maximum absolute atomic E-state index is 11.8. The van der Waals surface area contributed by atoms with Crippen molar-refractivity contribution in [2.45, 2.75) is 13.8 Å². The SMILES string of the molecule is Cc1cc2ncc(C(=O)NC(N)=S)c(C)n2n1. The number of aryl methyl sites for hydroxylation is 2. The van der Waals surface area contributed by atoms with Crippen molar-refractivity contribution in [1.29, 1.82) is 0 Å². The molecule has 0 bridgehead atoms. The molecule has 3 N–H and O–H groups in total. The Morgan fingerprint density at radius 2 is 2.24 bits per heavy atom. The van der Waals surface area contributed by atoms with Gasteiger partial charge < -0.3 is 5.73 Å². The van der Waals surface area contributed by atoms with Crippen LogP contribution in [0.2, 0.25) is 0 Å². The van der Waals surface area contributed by atoms with Gasteiger partial charge in [-0.05, 0) is 26.1 Å². The minimum atomic E-state index is -0.377. The molecule has 6 nitrogen and oxygen atoms in total. The van der Waals surface area contributed by atoms with Gasteiger partial charge in [0.1, 0.15) is 0 Å². The van der Waals surface area contributed by atoms with Gasteiger partial charge in [-0.2, -0.15) is 5.10 Å². The largest absolute Gasteiger partial charge is 0.376 e. The second-order valence-corrected chi connectivity index (χ2v) is 4.07. The van der Waals surface area contributed by atoms with Gasteiger partial charge in [0.25, 0.3) is 5.91 Å². The molecule has 1 amide bonds. The Morgan fingerprint density at radius 1 is 1.53 bits per heavy atom. The first-order valence-electron chi connectivity index (χ1n) is 4.92. The van der Waals surface area contributed by atoms with Crippen molar-refractivity contribution in [3.63, 3.8) is 0 Å². The first-order chi connectivity index (χ1) is 7.99. The molecule has 0 spiro atoms. The average Bonchev–Trinajstić information content (AvgIpc) is 2.58. The highest BCUT2D eigenvalue weighted by atomic mass is 32.1. The Morgan fingerprint density at radius 3 is 2.88 bits per heavy atom. The summed E-state index contributed by atoms with van der Waals surface area (Å²) >= 11 is 4.62. The van der Waals surface area contributed by atoms with E-state index in [1.807, 2.05) is 13.0 Å². The van der Waals surface area contributed by atoms with Crippen LogP contribution in [0.15, 0.2) is 12.3 Å². The Bertz CT molecular complexity index is 618. The van der Waals surface area contributed by atoms with Crippen molar-refractivity contribution in [3.8, 4) is 0 Å². The highest BCUT2D eigenvalue weighted by Gasteiger charge is 2.13. The van der Waals surface area contributed by atoms with Crippen LogP contribution < -0.4 is 11.1 Å². The van der Waals surface area contributed by atoms with E-state index in [0.29, 0.717) is 16.9 Å². The number of fused-ring (bicyclic) bond motifs is 1. The molecule has 0 fully saturated rings. The molecule has 88 valence electrons.